The predicted molar refractivity (Wildman–Crippen MR) is 81.2 cm³/mol. The van der Waals surface area contributed by atoms with Crippen molar-refractivity contribution in [3.63, 3.8) is 0 Å². The monoisotopic (exact) mass is 361 g/mol. The van der Waals surface area contributed by atoms with Gasteiger partial charge in [-0.05, 0) is 78.1 Å². The van der Waals surface area contributed by atoms with Crippen LogP contribution in [-0.2, 0) is 6.18 Å². The Morgan fingerprint density at radius 2 is 2.00 bits per heavy atom. The van der Waals surface area contributed by atoms with Crippen LogP contribution in [0.15, 0.2) is 22.7 Å². The lowest BCUT2D eigenvalue weighted by Gasteiger charge is -2.29. The summed E-state index contributed by atoms with van der Waals surface area (Å²) >= 11 is 3.26. The Morgan fingerprint density at radius 1 is 1.24 bits per heavy atom. The van der Waals surface area contributed by atoms with Crippen molar-refractivity contribution in [3.8, 4) is 0 Å². The molecule has 21 heavy (non-hydrogen) atoms. The van der Waals surface area contributed by atoms with Gasteiger partial charge in [0.15, 0.2) is 0 Å². The van der Waals surface area contributed by atoms with E-state index in [-0.39, 0.29) is 0 Å². The molecule has 1 N–H and O–H groups in total. The minimum absolute atomic E-state index is 0.299. The van der Waals surface area contributed by atoms with Crippen LogP contribution in [0.3, 0.4) is 0 Å². The number of fused-ring (bicyclic) bond motifs is 2. The average molecular weight is 362 g/mol. The SMILES string of the molecule is CC(Nc1ccc(C(F)(F)F)cc1Br)C1CC2CCC1C2. The molecule has 2 aliphatic carbocycles. The molecule has 1 nitrogen and oxygen atoms in total. The molecule has 4 unspecified atom stereocenters. The molecule has 116 valence electrons. The molecule has 0 spiro atoms. The molecule has 0 aromatic heterocycles. The zero-order valence-electron chi connectivity index (χ0n) is 11.9. The third-order valence-electron chi connectivity index (χ3n) is 5.11. The van der Waals surface area contributed by atoms with Crippen LogP contribution >= 0.6 is 15.9 Å². The van der Waals surface area contributed by atoms with E-state index in [1.807, 2.05) is 0 Å². The van der Waals surface area contributed by atoms with Crippen molar-refractivity contribution in [2.45, 2.75) is 44.8 Å². The molecule has 5 heteroatoms. The van der Waals surface area contributed by atoms with Gasteiger partial charge in [0.1, 0.15) is 0 Å². The maximum absolute atomic E-state index is 12.7. The topological polar surface area (TPSA) is 12.0 Å². The van der Waals surface area contributed by atoms with Gasteiger partial charge in [-0.1, -0.05) is 6.42 Å². The Balaban J connectivity index is 1.70. The van der Waals surface area contributed by atoms with Gasteiger partial charge in [0.2, 0.25) is 0 Å². The second-order valence-corrected chi connectivity index (χ2v) is 7.32. The molecular formula is C16H19BrF3N. The van der Waals surface area contributed by atoms with Gasteiger partial charge in [-0.15, -0.1) is 0 Å². The van der Waals surface area contributed by atoms with Gasteiger partial charge in [-0.3, -0.25) is 0 Å². The average Bonchev–Trinajstić information content (AvgIpc) is 3.02. The second-order valence-electron chi connectivity index (χ2n) is 6.46. The van der Waals surface area contributed by atoms with E-state index in [9.17, 15) is 13.2 Å². The van der Waals surface area contributed by atoms with Crippen molar-refractivity contribution in [1.29, 1.82) is 0 Å². The van der Waals surface area contributed by atoms with E-state index in [1.54, 1.807) is 0 Å². The third-order valence-corrected chi connectivity index (χ3v) is 5.77. The summed E-state index contributed by atoms with van der Waals surface area (Å²) in [6.07, 6.45) is 0.979. The number of rotatable bonds is 3. The largest absolute Gasteiger partial charge is 0.416 e. The highest BCUT2D eigenvalue weighted by molar-refractivity contribution is 9.10. The first-order valence-corrected chi connectivity index (χ1v) is 8.27. The fraction of sp³-hybridized carbons (Fsp3) is 0.625. The molecule has 0 saturated heterocycles. The molecule has 0 radical (unpaired) electrons. The molecule has 1 aromatic rings. The van der Waals surface area contributed by atoms with Crippen molar-refractivity contribution in [1.82, 2.24) is 0 Å². The van der Waals surface area contributed by atoms with Crippen LogP contribution < -0.4 is 5.32 Å². The normalized spacial score (nSPS) is 29.7. The van der Waals surface area contributed by atoms with E-state index in [4.69, 9.17) is 0 Å². The van der Waals surface area contributed by atoms with Gasteiger partial charge in [0.05, 0.1) is 5.56 Å². The van der Waals surface area contributed by atoms with Crippen LogP contribution in [0.4, 0.5) is 18.9 Å². The van der Waals surface area contributed by atoms with Gasteiger partial charge in [-0.2, -0.15) is 13.2 Å². The Bertz CT molecular complexity index is 529. The molecule has 0 aliphatic heterocycles. The number of benzene rings is 1. The summed E-state index contributed by atoms with van der Waals surface area (Å²) in [7, 11) is 0. The smallest absolute Gasteiger partial charge is 0.381 e. The molecule has 0 heterocycles. The molecule has 2 aliphatic rings. The lowest BCUT2D eigenvalue weighted by atomic mass is 9.84. The minimum Gasteiger partial charge on any atom is -0.381 e. The van der Waals surface area contributed by atoms with Crippen LogP contribution in [0.1, 0.15) is 38.2 Å². The van der Waals surface area contributed by atoms with Gasteiger partial charge in [-0.25, -0.2) is 0 Å². The quantitative estimate of drug-likeness (QED) is 0.727. The number of hydrogen-bond acceptors (Lipinski definition) is 1. The summed E-state index contributed by atoms with van der Waals surface area (Å²) < 4.78 is 38.5. The minimum atomic E-state index is -4.29. The summed E-state index contributed by atoms with van der Waals surface area (Å²) in [5, 5.41) is 3.40. The van der Waals surface area contributed by atoms with Crippen molar-refractivity contribution in [2.24, 2.45) is 17.8 Å². The first-order chi connectivity index (χ1) is 9.84. The van der Waals surface area contributed by atoms with E-state index in [1.165, 1.54) is 31.7 Å². The first-order valence-electron chi connectivity index (χ1n) is 7.48. The lowest BCUT2D eigenvalue weighted by Crippen LogP contribution is -2.30. The number of alkyl halides is 3. The first kappa shape index (κ1) is 15.2. The molecule has 2 bridgehead atoms. The zero-order valence-corrected chi connectivity index (χ0v) is 13.5. The van der Waals surface area contributed by atoms with E-state index >= 15 is 0 Å². The van der Waals surface area contributed by atoms with Crippen LogP contribution in [-0.4, -0.2) is 6.04 Å². The lowest BCUT2D eigenvalue weighted by molar-refractivity contribution is -0.137. The van der Waals surface area contributed by atoms with E-state index < -0.39 is 11.7 Å². The predicted octanol–water partition coefficient (Wildman–Crippen LogP) is 5.70. The number of anilines is 1. The fourth-order valence-corrected chi connectivity index (χ4v) is 4.56. The highest BCUT2D eigenvalue weighted by Crippen LogP contribution is 2.50. The Hall–Kier alpha value is -0.710. The summed E-state index contributed by atoms with van der Waals surface area (Å²) in [6, 6.07) is 4.11. The molecule has 2 saturated carbocycles. The second kappa shape index (κ2) is 5.49. The Kier molecular flexibility index (Phi) is 3.97. The third kappa shape index (κ3) is 3.08. The van der Waals surface area contributed by atoms with Gasteiger partial charge >= 0.3 is 6.18 Å². The number of hydrogen-bond donors (Lipinski definition) is 1. The number of halogens is 4. The van der Waals surface area contributed by atoms with Crippen LogP contribution in [0.25, 0.3) is 0 Å². The van der Waals surface area contributed by atoms with Crippen molar-refractivity contribution in [3.05, 3.63) is 28.2 Å². The molecular weight excluding hydrogens is 343 g/mol. The zero-order chi connectivity index (χ0) is 15.2. The number of nitrogens with one attached hydrogen (secondary N) is 1. The van der Waals surface area contributed by atoms with Gasteiger partial charge < -0.3 is 5.32 Å². The highest BCUT2D eigenvalue weighted by Gasteiger charge is 2.41. The summed E-state index contributed by atoms with van der Waals surface area (Å²) in [5.74, 6) is 2.32. The molecule has 0 amide bonds. The fourth-order valence-electron chi connectivity index (χ4n) is 4.07. The summed E-state index contributed by atoms with van der Waals surface area (Å²) in [6.45, 7) is 2.15. The van der Waals surface area contributed by atoms with Crippen molar-refractivity contribution in [2.75, 3.05) is 5.32 Å². The van der Waals surface area contributed by atoms with E-state index in [0.29, 0.717) is 16.4 Å². The molecule has 3 rings (SSSR count). The Labute approximate surface area is 131 Å². The summed E-state index contributed by atoms with van der Waals surface area (Å²) in [5.41, 5.74) is 0.130. The summed E-state index contributed by atoms with van der Waals surface area (Å²) in [4.78, 5) is 0. The van der Waals surface area contributed by atoms with Crippen molar-refractivity contribution < 1.29 is 13.2 Å². The maximum Gasteiger partial charge on any atom is 0.416 e. The van der Waals surface area contributed by atoms with E-state index in [2.05, 4.69) is 28.2 Å². The van der Waals surface area contributed by atoms with Gasteiger partial charge in [0.25, 0.3) is 0 Å². The standard InChI is InChI=1S/C16H19BrF3N/c1-9(13-7-10-2-3-11(13)6-10)21-15-5-4-12(8-14(15)17)16(18,19)20/h4-5,8-11,13,21H,2-3,6-7H2,1H3. The molecule has 1 aromatic carbocycles. The van der Waals surface area contributed by atoms with Crippen LogP contribution in [0, 0.1) is 17.8 Å². The van der Waals surface area contributed by atoms with Gasteiger partial charge in [0, 0.05) is 16.2 Å². The van der Waals surface area contributed by atoms with Crippen molar-refractivity contribution >= 4 is 21.6 Å². The Morgan fingerprint density at radius 3 is 2.52 bits per heavy atom. The van der Waals surface area contributed by atoms with Crippen LogP contribution in [0.5, 0.6) is 0 Å². The molecule has 2 fully saturated rings. The highest BCUT2D eigenvalue weighted by atomic mass is 79.9. The molecule has 4 atom stereocenters. The maximum atomic E-state index is 12.7. The van der Waals surface area contributed by atoms with E-state index in [0.717, 1.165) is 29.7 Å². The van der Waals surface area contributed by atoms with Crippen LogP contribution in [0.2, 0.25) is 0 Å².